The largest absolute Gasteiger partial charge is 0.573 e. The molecule has 0 fully saturated rings. The average molecular weight is 408 g/mol. The van der Waals surface area contributed by atoms with Gasteiger partial charge in [0.1, 0.15) is 5.75 Å². The van der Waals surface area contributed by atoms with Crippen LogP contribution in [0.5, 0.6) is 5.75 Å². The van der Waals surface area contributed by atoms with Crippen LogP contribution in [-0.2, 0) is 6.42 Å². The Bertz CT molecular complexity index is 579. The summed E-state index contributed by atoms with van der Waals surface area (Å²) in [5, 5.41) is 10.1. The number of alkyl halides is 3. The first-order chi connectivity index (χ1) is 9.83. The maximum Gasteiger partial charge on any atom is 0.573 e. The van der Waals surface area contributed by atoms with Gasteiger partial charge in [-0.25, -0.2) is 0 Å². The molecule has 112 valence electrons. The summed E-state index contributed by atoms with van der Waals surface area (Å²) >= 11 is 2.17. The van der Waals surface area contributed by atoms with E-state index in [2.05, 4.69) is 27.3 Å². The molecule has 0 aliphatic rings. The Labute approximate surface area is 133 Å². The fourth-order valence-electron chi connectivity index (χ4n) is 1.85. The summed E-state index contributed by atoms with van der Waals surface area (Å²) < 4.78 is 41.0. The van der Waals surface area contributed by atoms with Gasteiger partial charge in [0, 0.05) is 9.99 Å². The third-order valence-corrected chi connectivity index (χ3v) is 3.56. The van der Waals surface area contributed by atoms with E-state index in [-0.39, 0.29) is 5.75 Å². The molecule has 6 heteroatoms. The molecule has 2 aromatic rings. The van der Waals surface area contributed by atoms with Gasteiger partial charge in [0.25, 0.3) is 0 Å². The zero-order chi connectivity index (χ0) is 15.5. The summed E-state index contributed by atoms with van der Waals surface area (Å²) in [6.45, 7) is 0. The first-order valence-electron chi connectivity index (χ1n) is 6.12. The third kappa shape index (κ3) is 5.20. The van der Waals surface area contributed by atoms with Crippen molar-refractivity contribution >= 4 is 22.6 Å². The van der Waals surface area contributed by atoms with E-state index in [1.807, 2.05) is 24.3 Å². The molecular formula is C15H12F3IO2. The van der Waals surface area contributed by atoms with Crippen molar-refractivity contribution < 1.29 is 23.0 Å². The predicted molar refractivity (Wildman–Crippen MR) is 80.9 cm³/mol. The smallest absolute Gasteiger partial charge is 0.406 e. The van der Waals surface area contributed by atoms with Crippen molar-refractivity contribution in [1.82, 2.24) is 0 Å². The highest BCUT2D eigenvalue weighted by molar-refractivity contribution is 14.1. The van der Waals surface area contributed by atoms with Crippen LogP contribution >= 0.6 is 22.6 Å². The monoisotopic (exact) mass is 408 g/mol. The molecule has 0 aromatic heterocycles. The fraction of sp³-hybridized carbons (Fsp3) is 0.200. The molecule has 0 spiro atoms. The van der Waals surface area contributed by atoms with Crippen LogP contribution in [0.25, 0.3) is 0 Å². The SMILES string of the molecule is OC(Cc1ccc(OC(F)(F)F)cc1)c1ccc(I)cc1. The van der Waals surface area contributed by atoms with Crippen LogP contribution in [0.2, 0.25) is 0 Å². The van der Waals surface area contributed by atoms with Crippen molar-refractivity contribution in [2.75, 3.05) is 0 Å². The molecule has 2 aromatic carbocycles. The topological polar surface area (TPSA) is 29.5 Å². The molecular weight excluding hydrogens is 396 g/mol. The van der Waals surface area contributed by atoms with Gasteiger partial charge >= 0.3 is 6.36 Å². The zero-order valence-electron chi connectivity index (χ0n) is 10.8. The van der Waals surface area contributed by atoms with E-state index in [0.29, 0.717) is 6.42 Å². The van der Waals surface area contributed by atoms with E-state index >= 15 is 0 Å². The van der Waals surface area contributed by atoms with Gasteiger partial charge < -0.3 is 9.84 Å². The van der Waals surface area contributed by atoms with E-state index in [4.69, 9.17) is 0 Å². The standard InChI is InChI=1S/C15H12F3IO2/c16-15(17,18)21-13-7-1-10(2-8-13)9-14(20)11-3-5-12(19)6-4-11/h1-8,14,20H,9H2. The molecule has 2 nitrogen and oxygen atoms in total. The van der Waals surface area contributed by atoms with E-state index in [9.17, 15) is 18.3 Å². The van der Waals surface area contributed by atoms with E-state index in [0.717, 1.165) is 14.7 Å². The summed E-state index contributed by atoms with van der Waals surface area (Å²) in [4.78, 5) is 0. The average Bonchev–Trinajstić information content (AvgIpc) is 2.40. The highest BCUT2D eigenvalue weighted by Gasteiger charge is 2.30. The number of aliphatic hydroxyl groups excluding tert-OH is 1. The fourth-order valence-corrected chi connectivity index (χ4v) is 2.21. The Balaban J connectivity index is 2.01. The summed E-state index contributed by atoms with van der Waals surface area (Å²) in [5.74, 6) is -0.269. The second-order valence-electron chi connectivity index (χ2n) is 4.46. The van der Waals surface area contributed by atoms with Crippen molar-refractivity contribution in [2.45, 2.75) is 18.9 Å². The molecule has 0 radical (unpaired) electrons. The number of halogens is 4. The Morgan fingerprint density at radius 1 is 1.00 bits per heavy atom. The molecule has 1 atom stereocenters. The van der Waals surface area contributed by atoms with Crippen molar-refractivity contribution in [3.8, 4) is 5.75 Å². The normalized spacial score (nSPS) is 13.0. The minimum absolute atomic E-state index is 0.269. The Hall–Kier alpha value is -1.28. The van der Waals surface area contributed by atoms with Crippen molar-refractivity contribution in [1.29, 1.82) is 0 Å². The Morgan fingerprint density at radius 2 is 1.57 bits per heavy atom. The molecule has 21 heavy (non-hydrogen) atoms. The van der Waals surface area contributed by atoms with Gasteiger partial charge in [-0.1, -0.05) is 24.3 Å². The minimum Gasteiger partial charge on any atom is -0.406 e. The third-order valence-electron chi connectivity index (χ3n) is 2.84. The van der Waals surface area contributed by atoms with Gasteiger partial charge in [-0.3, -0.25) is 0 Å². The van der Waals surface area contributed by atoms with E-state index < -0.39 is 12.5 Å². The lowest BCUT2D eigenvalue weighted by Crippen LogP contribution is -2.17. The molecule has 0 bridgehead atoms. The molecule has 0 saturated carbocycles. The number of benzene rings is 2. The van der Waals surface area contributed by atoms with E-state index in [1.165, 1.54) is 24.3 Å². The Morgan fingerprint density at radius 3 is 2.10 bits per heavy atom. The van der Waals surface area contributed by atoms with E-state index in [1.54, 1.807) is 0 Å². The van der Waals surface area contributed by atoms with Gasteiger partial charge in [-0.15, -0.1) is 13.2 Å². The number of rotatable bonds is 4. The number of hydrogen-bond acceptors (Lipinski definition) is 2. The van der Waals surface area contributed by atoms with Crippen LogP contribution in [0, 0.1) is 3.57 Å². The van der Waals surface area contributed by atoms with Crippen LogP contribution in [-0.4, -0.2) is 11.5 Å². The van der Waals surface area contributed by atoms with Gasteiger partial charge in [0.2, 0.25) is 0 Å². The highest BCUT2D eigenvalue weighted by Crippen LogP contribution is 2.24. The lowest BCUT2D eigenvalue weighted by atomic mass is 10.0. The van der Waals surface area contributed by atoms with Gasteiger partial charge in [-0.05, 0) is 58.0 Å². The maximum atomic E-state index is 12.0. The molecule has 2 rings (SSSR count). The quantitative estimate of drug-likeness (QED) is 0.757. The number of ether oxygens (including phenoxy) is 1. The number of hydrogen-bond donors (Lipinski definition) is 1. The van der Waals surface area contributed by atoms with Crippen LogP contribution in [0.3, 0.4) is 0 Å². The first kappa shape index (κ1) is 16.1. The van der Waals surface area contributed by atoms with Gasteiger partial charge in [0.15, 0.2) is 0 Å². The van der Waals surface area contributed by atoms with Crippen LogP contribution in [0.15, 0.2) is 48.5 Å². The summed E-state index contributed by atoms with van der Waals surface area (Å²) in [7, 11) is 0. The molecule has 0 aliphatic heterocycles. The molecule has 1 N–H and O–H groups in total. The molecule has 0 amide bonds. The predicted octanol–water partition coefficient (Wildman–Crippen LogP) is 4.47. The second kappa shape index (κ2) is 6.65. The van der Waals surface area contributed by atoms with Crippen LogP contribution in [0.4, 0.5) is 13.2 Å². The summed E-state index contributed by atoms with van der Waals surface area (Å²) in [5.41, 5.74) is 1.50. The summed E-state index contributed by atoms with van der Waals surface area (Å²) in [6, 6.07) is 12.9. The van der Waals surface area contributed by atoms with Gasteiger partial charge in [-0.2, -0.15) is 0 Å². The zero-order valence-corrected chi connectivity index (χ0v) is 12.9. The number of aliphatic hydroxyl groups is 1. The Kier molecular flexibility index (Phi) is 5.10. The lowest BCUT2D eigenvalue weighted by molar-refractivity contribution is -0.274. The van der Waals surface area contributed by atoms with Crippen molar-refractivity contribution in [2.24, 2.45) is 0 Å². The summed E-state index contributed by atoms with van der Waals surface area (Å²) in [6.07, 6.45) is -5.06. The maximum absolute atomic E-state index is 12.0. The van der Waals surface area contributed by atoms with Gasteiger partial charge in [0.05, 0.1) is 6.10 Å². The lowest BCUT2D eigenvalue weighted by Gasteiger charge is -2.12. The molecule has 0 heterocycles. The first-order valence-corrected chi connectivity index (χ1v) is 7.19. The van der Waals surface area contributed by atoms with Crippen LogP contribution < -0.4 is 4.74 Å². The second-order valence-corrected chi connectivity index (χ2v) is 5.71. The molecule has 0 saturated heterocycles. The van der Waals surface area contributed by atoms with Crippen molar-refractivity contribution in [3.63, 3.8) is 0 Å². The molecule has 0 aliphatic carbocycles. The van der Waals surface area contributed by atoms with Crippen LogP contribution in [0.1, 0.15) is 17.2 Å². The van der Waals surface area contributed by atoms with Crippen molar-refractivity contribution in [3.05, 3.63) is 63.2 Å². The molecule has 1 unspecified atom stereocenters. The highest BCUT2D eigenvalue weighted by atomic mass is 127. The minimum atomic E-state index is -4.69.